The number of ether oxygens (including phenoxy) is 1. The van der Waals surface area contributed by atoms with Crippen molar-refractivity contribution in [3.63, 3.8) is 0 Å². The summed E-state index contributed by atoms with van der Waals surface area (Å²) in [5, 5.41) is 11.6. The average Bonchev–Trinajstić information content (AvgIpc) is 3.34. The summed E-state index contributed by atoms with van der Waals surface area (Å²) >= 11 is 0. The summed E-state index contributed by atoms with van der Waals surface area (Å²) in [6, 6.07) is 0. The second-order valence-electron chi connectivity index (χ2n) is 19.4. The van der Waals surface area contributed by atoms with Crippen LogP contribution in [-0.2, 0) is 18.4 Å². The van der Waals surface area contributed by atoms with Gasteiger partial charge in [0.05, 0.1) is 24.9 Å². The average molecular weight is 729 g/mol. The molecule has 286 valence electrons. The molecule has 0 aromatic carbocycles. The van der Waals surface area contributed by atoms with Crippen molar-refractivity contribution in [1.82, 2.24) is 0 Å². The Hall–Kier alpha value is -1.26. The monoisotopic (exact) mass is 729 g/mol. The first-order valence-electron chi connectivity index (χ1n) is 19.9. The largest absolute Gasteiger partial charge is 0.463 e. The van der Waals surface area contributed by atoms with Crippen molar-refractivity contribution in [2.24, 2.45) is 29.1 Å². The predicted octanol–water partition coefficient (Wildman–Crippen LogP) is 11.7. The molecule has 0 amide bonds. The van der Waals surface area contributed by atoms with Crippen molar-refractivity contribution in [3.8, 4) is 0 Å². The van der Waals surface area contributed by atoms with Crippen molar-refractivity contribution in [2.75, 3.05) is 6.61 Å². The minimum atomic E-state index is -2.02. The Labute approximate surface area is 310 Å². The van der Waals surface area contributed by atoms with Gasteiger partial charge in [-0.3, -0.25) is 0 Å². The third-order valence-corrected chi connectivity index (χ3v) is 23.0. The van der Waals surface area contributed by atoms with Gasteiger partial charge >= 0.3 is 5.97 Å². The Balaban J connectivity index is 1.86. The fourth-order valence-electron chi connectivity index (χ4n) is 8.81. The van der Waals surface area contributed by atoms with E-state index in [0.29, 0.717) is 42.8 Å². The Morgan fingerprint density at radius 2 is 1.62 bits per heavy atom. The number of aliphatic hydroxyl groups excluding tert-OH is 1. The molecule has 0 spiro atoms. The van der Waals surface area contributed by atoms with Gasteiger partial charge in [0.2, 0.25) is 0 Å². The molecule has 2 unspecified atom stereocenters. The number of fused-ring (bicyclic) bond motifs is 1. The summed E-state index contributed by atoms with van der Waals surface area (Å²) in [5.41, 5.74) is 4.61. The van der Waals surface area contributed by atoms with Crippen LogP contribution >= 0.6 is 0 Å². The summed E-state index contributed by atoms with van der Waals surface area (Å²) < 4.78 is 19.4. The fourth-order valence-corrected chi connectivity index (χ4v) is 11.5. The first-order chi connectivity index (χ1) is 22.9. The number of hydrogen-bond donors (Lipinski definition) is 1. The highest BCUT2D eigenvalue weighted by atomic mass is 28.4. The van der Waals surface area contributed by atoms with E-state index in [-0.39, 0.29) is 39.6 Å². The van der Waals surface area contributed by atoms with Gasteiger partial charge in [-0.2, -0.15) is 0 Å². The van der Waals surface area contributed by atoms with Crippen LogP contribution in [0.15, 0.2) is 47.6 Å². The molecule has 3 rings (SSSR count). The van der Waals surface area contributed by atoms with E-state index < -0.39 is 22.7 Å². The maximum atomic E-state index is 12.4. The maximum absolute atomic E-state index is 12.4. The number of carbonyl (C=O) groups excluding carboxylic acids is 1. The van der Waals surface area contributed by atoms with Crippen LogP contribution in [0.5, 0.6) is 0 Å². The molecule has 5 nitrogen and oxygen atoms in total. The molecule has 3 fully saturated rings. The second kappa shape index (κ2) is 16.4. The lowest BCUT2D eigenvalue weighted by molar-refractivity contribution is -0.139. The Bertz CT molecular complexity index is 1280. The summed E-state index contributed by atoms with van der Waals surface area (Å²) in [6.45, 7) is 41.0. The fraction of sp³-hybridized carbons (Fsp3) is 0.791. The smallest absolute Gasteiger partial charge is 0.333 e. The van der Waals surface area contributed by atoms with Gasteiger partial charge in [0.1, 0.15) is 0 Å². The summed E-state index contributed by atoms with van der Waals surface area (Å²) in [5.74, 6) is 0.770. The molecule has 3 aliphatic rings. The lowest BCUT2D eigenvalue weighted by Gasteiger charge is -2.46. The molecule has 0 radical (unpaired) electrons. The topological polar surface area (TPSA) is 65.0 Å². The number of esters is 1. The molecule has 0 aromatic heterocycles. The number of aliphatic hydroxyl groups is 1. The first-order valence-corrected chi connectivity index (χ1v) is 25.7. The summed E-state index contributed by atoms with van der Waals surface area (Å²) in [7, 11) is -3.99. The molecule has 8 atom stereocenters. The van der Waals surface area contributed by atoms with Crippen molar-refractivity contribution < 1.29 is 23.5 Å². The van der Waals surface area contributed by atoms with Crippen LogP contribution in [0, 0.1) is 29.1 Å². The molecule has 1 N–H and O–H groups in total. The molecule has 0 aliphatic heterocycles. The lowest BCUT2D eigenvalue weighted by Crippen LogP contribution is -2.49. The van der Waals surface area contributed by atoms with Crippen molar-refractivity contribution in [2.45, 2.75) is 182 Å². The van der Waals surface area contributed by atoms with Gasteiger partial charge in [0, 0.05) is 17.9 Å². The van der Waals surface area contributed by atoms with Gasteiger partial charge in [-0.1, -0.05) is 93.2 Å². The number of rotatable bonds is 13. The van der Waals surface area contributed by atoms with E-state index in [2.05, 4.69) is 107 Å². The van der Waals surface area contributed by atoms with Gasteiger partial charge < -0.3 is 18.7 Å². The Kier molecular flexibility index (Phi) is 14.2. The highest BCUT2D eigenvalue weighted by Crippen LogP contribution is 2.60. The summed E-state index contributed by atoms with van der Waals surface area (Å²) in [4.78, 5) is 12.4. The molecule has 0 saturated heterocycles. The molecule has 0 bridgehead atoms. The van der Waals surface area contributed by atoms with Crippen LogP contribution in [0.25, 0.3) is 0 Å². The van der Waals surface area contributed by atoms with Crippen molar-refractivity contribution >= 4 is 22.6 Å². The van der Waals surface area contributed by atoms with E-state index in [9.17, 15) is 9.90 Å². The second-order valence-corrected chi connectivity index (χ2v) is 28.9. The minimum Gasteiger partial charge on any atom is -0.463 e. The lowest BCUT2D eigenvalue weighted by atomic mass is 9.60. The van der Waals surface area contributed by atoms with Gasteiger partial charge in [0.15, 0.2) is 16.6 Å². The van der Waals surface area contributed by atoms with Crippen LogP contribution in [0.2, 0.25) is 36.3 Å². The highest BCUT2D eigenvalue weighted by Gasteiger charge is 2.51. The molecule has 50 heavy (non-hydrogen) atoms. The number of allylic oxidation sites excluding steroid dienone is 3. The van der Waals surface area contributed by atoms with E-state index in [1.165, 1.54) is 31.3 Å². The van der Waals surface area contributed by atoms with E-state index >= 15 is 0 Å². The minimum absolute atomic E-state index is 0.0179. The Morgan fingerprint density at radius 3 is 2.18 bits per heavy atom. The third-order valence-electron chi connectivity index (χ3n) is 14.0. The number of carbonyl (C=O) groups is 1. The van der Waals surface area contributed by atoms with Gasteiger partial charge in [-0.15, -0.1) is 0 Å². The van der Waals surface area contributed by atoms with Crippen LogP contribution in [0.4, 0.5) is 0 Å². The molecular formula is C43H76O5Si2. The molecule has 7 heteroatoms. The molecule has 0 heterocycles. The molecular weight excluding hydrogens is 653 g/mol. The van der Waals surface area contributed by atoms with Gasteiger partial charge in [-0.05, 0) is 129 Å². The van der Waals surface area contributed by atoms with E-state index in [0.717, 1.165) is 24.8 Å². The van der Waals surface area contributed by atoms with Gasteiger partial charge in [-0.25, -0.2) is 4.79 Å². The molecule has 3 saturated carbocycles. The van der Waals surface area contributed by atoms with Crippen molar-refractivity contribution in [1.29, 1.82) is 0 Å². The standard InChI is InChI=1S/C43H76O5Si2/c1-17-35(31(5)40(45)46-18-2)38(44)26-29(3)36-23-24-37-32(20-19-25-43(36,37)12)21-22-33-27-34(47-49(13,14)41(6,7)8)28-39(30(33)4)48-50(15,16)42(9,10)11/h21-22,29,34-39,44H,4-5,17-20,23-28H2,1-3,6-16H3/b32-21+,33-22-/t29-,34-,35?,36-,37+,38?,39+,43-/m1/s1. The SMILES string of the molecule is C=C(C(=O)OCC)C(CC)C(O)C[C@@H](C)[C@H]1CC[C@H]2/C(=C/C=C3/C[C@@H](O[Si](C)(C)C(C)(C)C)C[C@H](O[Si](C)(C)C(C)(C)C)C3=C)CCC[C@]12C. The zero-order valence-corrected chi connectivity index (χ0v) is 36.8. The maximum Gasteiger partial charge on any atom is 0.333 e. The molecule has 3 aliphatic carbocycles. The van der Waals surface area contributed by atoms with Crippen molar-refractivity contribution in [3.05, 3.63) is 47.6 Å². The third kappa shape index (κ3) is 9.64. The van der Waals surface area contributed by atoms with E-state index in [1.54, 1.807) is 12.5 Å². The summed E-state index contributed by atoms with van der Waals surface area (Å²) in [6.07, 6.45) is 13.4. The zero-order chi connectivity index (χ0) is 38.0. The predicted molar refractivity (Wildman–Crippen MR) is 216 cm³/mol. The highest BCUT2D eigenvalue weighted by molar-refractivity contribution is 6.74. The Morgan fingerprint density at radius 1 is 1.02 bits per heavy atom. The van der Waals surface area contributed by atoms with Crippen LogP contribution < -0.4 is 0 Å². The van der Waals surface area contributed by atoms with Gasteiger partial charge in [0.25, 0.3) is 0 Å². The van der Waals surface area contributed by atoms with E-state index in [1.807, 2.05) is 6.92 Å². The van der Waals surface area contributed by atoms with Crippen LogP contribution in [0.3, 0.4) is 0 Å². The van der Waals surface area contributed by atoms with Crippen LogP contribution in [0.1, 0.15) is 127 Å². The normalized spacial score (nSPS) is 30.3. The zero-order valence-electron chi connectivity index (χ0n) is 34.8. The van der Waals surface area contributed by atoms with E-state index in [4.69, 9.17) is 13.6 Å². The first kappa shape index (κ1) is 43.2. The van der Waals surface area contributed by atoms with Crippen LogP contribution in [-0.4, -0.2) is 52.6 Å². The number of hydrogen-bond acceptors (Lipinski definition) is 5. The molecule has 0 aromatic rings. The quantitative estimate of drug-likeness (QED) is 0.116.